The van der Waals surface area contributed by atoms with Crippen molar-refractivity contribution in [2.75, 3.05) is 0 Å². The summed E-state index contributed by atoms with van der Waals surface area (Å²) < 4.78 is 1.86. The molecule has 1 N–H and O–H groups in total. The molecule has 0 aliphatic heterocycles. The summed E-state index contributed by atoms with van der Waals surface area (Å²) in [4.78, 5) is 12.5. The Morgan fingerprint density at radius 3 is 2.88 bits per heavy atom. The molecule has 2 bridgehead atoms. The molecule has 4 rings (SSSR count). The third kappa shape index (κ3) is 2.80. The smallest absolute Gasteiger partial charge is 0.222 e. The number of aromatic nitrogens is 3. The second kappa shape index (κ2) is 6.19. The Kier molecular flexibility index (Phi) is 4.02. The highest BCUT2D eigenvalue weighted by Crippen LogP contribution is 2.49. The van der Waals surface area contributed by atoms with E-state index >= 15 is 0 Å². The molecule has 24 heavy (non-hydrogen) atoms. The number of nitrogens with one attached hydrogen (secondary N) is 1. The van der Waals surface area contributed by atoms with Crippen LogP contribution in [0.2, 0.25) is 0 Å². The van der Waals surface area contributed by atoms with Crippen molar-refractivity contribution in [3.8, 4) is 0 Å². The lowest BCUT2D eigenvalue weighted by Crippen LogP contribution is -2.40. The predicted molar refractivity (Wildman–Crippen MR) is 93.4 cm³/mol. The minimum atomic E-state index is 0.00429. The van der Waals surface area contributed by atoms with Gasteiger partial charge >= 0.3 is 0 Å². The molecule has 0 spiro atoms. The summed E-state index contributed by atoms with van der Waals surface area (Å²) in [6.07, 6.45) is 5.88. The molecule has 2 saturated carbocycles. The molecule has 0 radical (unpaired) electrons. The average Bonchev–Trinajstić information content (AvgIpc) is 3.29. The van der Waals surface area contributed by atoms with E-state index in [0.717, 1.165) is 22.9 Å². The van der Waals surface area contributed by atoms with E-state index < -0.39 is 0 Å². The van der Waals surface area contributed by atoms with Gasteiger partial charge in [0.05, 0.1) is 11.6 Å². The molecule has 128 valence electrons. The summed E-state index contributed by atoms with van der Waals surface area (Å²) in [6.45, 7) is 4.21. The van der Waals surface area contributed by atoms with Crippen molar-refractivity contribution in [3.63, 3.8) is 0 Å². The maximum atomic E-state index is 12.5. The highest BCUT2D eigenvalue weighted by molar-refractivity contribution is 5.78. The highest BCUT2D eigenvalue weighted by atomic mass is 16.1. The van der Waals surface area contributed by atoms with Crippen molar-refractivity contribution in [2.45, 2.75) is 58.0 Å². The van der Waals surface area contributed by atoms with Crippen LogP contribution >= 0.6 is 0 Å². The molecular weight excluding hydrogens is 300 g/mol. The molecule has 0 unspecified atom stereocenters. The first-order valence-corrected chi connectivity index (χ1v) is 9.21. The first-order chi connectivity index (χ1) is 11.6. The normalized spacial score (nSPS) is 28.2. The van der Waals surface area contributed by atoms with Gasteiger partial charge in [-0.15, -0.1) is 5.10 Å². The third-order valence-electron chi connectivity index (χ3n) is 6.10. The molecule has 1 heterocycles. The molecule has 1 aromatic carbocycles. The average molecular weight is 326 g/mol. The fourth-order valence-corrected chi connectivity index (χ4v) is 4.89. The predicted octanol–water partition coefficient (Wildman–Crippen LogP) is 3.32. The van der Waals surface area contributed by atoms with Gasteiger partial charge in [-0.1, -0.05) is 23.8 Å². The molecule has 2 aliphatic rings. The third-order valence-corrected chi connectivity index (χ3v) is 6.10. The van der Waals surface area contributed by atoms with Gasteiger partial charge < -0.3 is 5.32 Å². The van der Waals surface area contributed by atoms with Crippen LogP contribution in [0.1, 0.15) is 52.0 Å². The Morgan fingerprint density at radius 2 is 2.12 bits per heavy atom. The second-order valence-electron chi connectivity index (χ2n) is 7.77. The fourth-order valence-electron chi connectivity index (χ4n) is 4.89. The molecule has 5 nitrogen and oxygen atoms in total. The van der Waals surface area contributed by atoms with Crippen LogP contribution in [0.15, 0.2) is 24.3 Å². The number of para-hydroxylation sites is 1. The number of carbonyl (C=O) groups excluding carboxylic acids is 1. The molecule has 5 atom stereocenters. The van der Waals surface area contributed by atoms with Gasteiger partial charge in [-0.05, 0) is 63.0 Å². The summed E-state index contributed by atoms with van der Waals surface area (Å²) in [5.41, 5.74) is 1.86. The van der Waals surface area contributed by atoms with Gasteiger partial charge in [0.25, 0.3) is 0 Å². The number of amides is 1. The Labute approximate surface area is 142 Å². The number of hydrogen-bond acceptors (Lipinski definition) is 3. The molecule has 2 fully saturated rings. The minimum Gasteiger partial charge on any atom is -0.353 e. The van der Waals surface area contributed by atoms with Gasteiger partial charge in [0.2, 0.25) is 5.91 Å². The van der Waals surface area contributed by atoms with Crippen molar-refractivity contribution in [1.82, 2.24) is 20.3 Å². The Morgan fingerprint density at radius 1 is 1.29 bits per heavy atom. The van der Waals surface area contributed by atoms with Gasteiger partial charge in [-0.3, -0.25) is 4.79 Å². The van der Waals surface area contributed by atoms with Crippen LogP contribution < -0.4 is 5.32 Å². The molecule has 0 saturated heterocycles. The number of rotatable bonds is 5. The number of carbonyl (C=O) groups is 1. The van der Waals surface area contributed by atoms with Crippen LogP contribution in [0, 0.1) is 17.8 Å². The summed E-state index contributed by atoms with van der Waals surface area (Å²) in [6, 6.07) is 8.17. The lowest BCUT2D eigenvalue weighted by Gasteiger charge is -2.29. The van der Waals surface area contributed by atoms with E-state index in [-0.39, 0.29) is 18.0 Å². The number of fused-ring (bicyclic) bond motifs is 3. The van der Waals surface area contributed by atoms with Crippen molar-refractivity contribution in [1.29, 1.82) is 0 Å². The van der Waals surface area contributed by atoms with E-state index in [1.807, 2.05) is 35.9 Å². The number of hydrogen-bond donors (Lipinski definition) is 1. The van der Waals surface area contributed by atoms with Crippen LogP contribution in [-0.4, -0.2) is 26.9 Å². The van der Waals surface area contributed by atoms with Gasteiger partial charge in [0.15, 0.2) is 0 Å². The minimum absolute atomic E-state index is 0.00429. The van der Waals surface area contributed by atoms with Crippen LogP contribution in [0.5, 0.6) is 0 Å². The molecule has 2 aromatic rings. The lowest BCUT2D eigenvalue weighted by atomic mass is 9.84. The SMILES string of the molecule is C[C@H](NC(=O)C[C@@H](C)n1nnc2ccccc21)[C@@H]1C[C@H]2CC[C@H]1C2. The van der Waals surface area contributed by atoms with Gasteiger partial charge in [-0.25, -0.2) is 4.68 Å². The van der Waals surface area contributed by atoms with E-state index in [0.29, 0.717) is 12.3 Å². The summed E-state index contributed by atoms with van der Waals surface area (Å²) in [7, 11) is 0. The molecule has 5 heteroatoms. The first-order valence-electron chi connectivity index (χ1n) is 9.21. The van der Waals surface area contributed by atoms with E-state index in [4.69, 9.17) is 0 Å². The topological polar surface area (TPSA) is 59.8 Å². The van der Waals surface area contributed by atoms with Gasteiger partial charge in [0, 0.05) is 12.5 Å². The zero-order valence-electron chi connectivity index (χ0n) is 14.5. The summed E-state index contributed by atoms with van der Waals surface area (Å²) in [5.74, 6) is 2.55. The Hall–Kier alpha value is -1.91. The molecule has 1 amide bonds. The van der Waals surface area contributed by atoms with Crippen LogP contribution in [0.4, 0.5) is 0 Å². The van der Waals surface area contributed by atoms with Gasteiger partial charge in [0.1, 0.15) is 5.52 Å². The molecule has 1 aromatic heterocycles. The maximum Gasteiger partial charge on any atom is 0.222 e. The number of benzene rings is 1. The van der Waals surface area contributed by atoms with Crippen molar-refractivity contribution in [2.24, 2.45) is 17.8 Å². The highest BCUT2D eigenvalue weighted by Gasteiger charge is 2.42. The van der Waals surface area contributed by atoms with E-state index in [1.54, 1.807) is 0 Å². The quantitative estimate of drug-likeness (QED) is 0.917. The van der Waals surface area contributed by atoms with E-state index in [9.17, 15) is 4.79 Å². The standard InChI is InChI=1S/C19H26N4O/c1-12(23-18-6-4-3-5-17(18)21-22-23)9-19(24)20-13(2)16-11-14-7-8-15(16)10-14/h3-6,12-16H,7-11H2,1-2H3,(H,20,24)/t12-,13+,14+,15+,16+/m1/s1. The zero-order chi connectivity index (χ0) is 16.7. The Bertz CT molecular complexity index is 740. The van der Waals surface area contributed by atoms with Crippen molar-refractivity contribution in [3.05, 3.63) is 24.3 Å². The summed E-state index contributed by atoms with van der Waals surface area (Å²) >= 11 is 0. The van der Waals surface area contributed by atoms with Crippen molar-refractivity contribution >= 4 is 16.9 Å². The van der Waals surface area contributed by atoms with Gasteiger partial charge in [-0.2, -0.15) is 0 Å². The first kappa shape index (κ1) is 15.6. The Balaban J connectivity index is 1.37. The second-order valence-corrected chi connectivity index (χ2v) is 7.77. The van der Waals surface area contributed by atoms with E-state index in [2.05, 4.69) is 22.6 Å². The van der Waals surface area contributed by atoms with E-state index in [1.165, 1.54) is 25.7 Å². The monoisotopic (exact) mass is 326 g/mol. The molecule has 2 aliphatic carbocycles. The maximum absolute atomic E-state index is 12.5. The zero-order valence-corrected chi connectivity index (χ0v) is 14.5. The molecular formula is C19H26N4O. The lowest BCUT2D eigenvalue weighted by molar-refractivity contribution is -0.122. The van der Waals surface area contributed by atoms with Crippen LogP contribution in [0.3, 0.4) is 0 Å². The summed E-state index contributed by atoms with van der Waals surface area (Å²) in [5, 5.41) is 11.6. The van der Waals surface area contributed by atoms with Crippen LogP contribution in [-0.2, 0) is 4.79 Å². The largest absolute Gasteiger partial charge is 0.353 e. The van der Waals surface area contributed by atoms with Crippen LogP contribution in [0.25, 0.3) is 11.0 Å². The number of nitrogens with zero attached hydrogens (tertiary/aromatic N) is 3. The van der Waals surface area contributed by atoms with Crippen molar-refractivity contribution < 1.29 is 4.79 Å². The fraction of sp³-hybridized carbons (Fsp3) is 0.632.